The molecular formula is C12H20. The Balaban J connectivity index is 2.87. The van der Waals surface area contributed by atoms with Crippen LogP contribution in [0.3, 0.4) is 0 Å². The highest BCUT2D eigenvalue weighted by atomic mass is 14.3. The van der Waals surface area contributed by atoms with E-state index in [9.17, 15) is 0 Å². The third-order valence-electron chi connectivity index (χ3n) is 2.98. The summed E-state index contributed by atoms with van der Waals surface area (Å²) in [4.78, 5) is 0. The molecule has 68 valence electrons. The van der Waals surface area contributed by atoms with E-state index in [1.165, 1.54) is 24.8 Å². The van der Waals surface area contributed by atoms with E-state index in [1.807, 2.05) is 0 Å². The Morgan fingerprint density at radius 3 is 2.58 bits per heavy atom. The Morgan fingerprint density at radius 1 is 1.50 bits per heavy atom. The van der Waals surface area contributed by atoms with Gasteiger partial charge in [0.15, 0.2) is 0 Å². The number of allylic oxidation sites excluding steroid dienone is 3. The van der Waals surface area contributed by atoms with Crippen LogP contribution in [0, 0.1) is 11.8 Å². The van der Waals surface area contributed by atoms with Crippen molar-refractivity contribution in [2.24, 2.45) is 11.8 Å². The Bertz CT molecular complexity index is 196. The van der Waals surface area contributed by atoms with Gasteiger partial charge in [-0.3, -0.25) is 0 Å². The maximum absolute atomic E-state index is 3.91. The molecule has 0 aromatic carbocycles. The Kier molecular flexibility index (Phi) is 3.13. The molecule has 0 spiro atoms. The highest BCUT2D eigenvalue weighted by Crippen LogP contribution is 2.35. The minimum atomic E-state index is 0.772. The monoisotopic (exact) mass is 164 g/mol. The second-order valence-electron chi connectivity index (χ2n) is 4.18. The van der Waals surface area contributed by atoms with Crippen LogP contribution in [-0.4, -0.2) is 0 Å². The van der Waals surface area contributed by atoms with Crippen LogP contribution in [0.4, 0.5) is 0 Å². The molecule has 0 heteroatoms. The van der Waals surface area contributed by atoms with Crippen molar-refractivity contribution in [3.63, 3.8) is 0 Å². The molecule has 0 nitrogen and oxygen atoms in total. The van der Waals surface area contributed by atoms with Crippen molar-refractivity contribution in [3.05, 3.63) is 23.8 Å². The average Bonchev–Trinajstić information content (AvgIpc) is 2.03. The van der Waals surface area contributed by atoms with Crippen molar-refractivity contribution in [3.8, 4) is 0 Å². The third kappa shape index (κ3) is 1.80. The lowest BCUT2D eigenvalue weighted by Crippen LogP contribution is -2.15. The van der Waals surface area contributed by atoms with Gasteiger partial charge in [0.05, 0.1) is 0 Å². The molecule has 1 rings (SSSR count). The van der Waals surface area contributed by atoms with Crippen LogP contribution in [-0.2, 0) is 0 Å². The first-order chi connectivity index (χ1) is 5.66. The molecule has 1 aliphatic carbocycles. The minimum absolute atomic E-state index is 0.772. The van der Waals surface area contributed by atoms with Gasteiger partial charge in [-0.15, -0.1) is 0 Å². The second kappa shape index (κ2) is 3.93. The van der Waals surface area contributed by atoms with Crippen molar-refractivity contribution < 1.29 is 0 Å². The van der Waals surface area contributed by atoms with Crippen LogP contribution in [0.15, 0.2) is 23.8 Å². The molecule has 0 N–H and O–H groups in total. The van der Waals surface area contributed by atoms with E-state index in [2.05, 4.69) is 33.4 Å². The van der Waals surface area contributed by atoms with Gasteiger partial charge in [-0.1, -0.05) is 32.1 Å². The standard InChI is InChI=1S/C12H20/c1-5-11-10(4)7-6-8-12(11)9(2)3/h5,9,12H,1,6-8H2,2-4H3. The molecule has 0 fully saturated rings. The van der Waals surface area contributed by atoms with Crippen LogP contribution in [0.1, 0.15) is 40.0 Å². The maximum atomic E-state index is 3.91. The first-order valence-electron chi connectivity index (χ1n) is 4.99. The average molecular weight is 164 g/mol. The number of rotatable bonds is 2. The van der Waals surface area contributed by atoms with E-state index >= 15 is 0 Å². The van der Waals surface area contributed by atoms with Gasteiger partial charge in [-0.2, -0.15) is 0 Å². The lowest BCUT2D eigenvalue weighted by molar-refractivity contribution is 0.390. The first-order valence-corrected chi connectivity index (χ1v) is 4.99. The zero-order chi connectivity index (χ0) is 9.14. The Hall–Kier alpha value is -0.520. The zero-order valence-corrected chi connectivity index (χ0v) is 8.56. The quantitative estimate of drug-likeness (QED) is 0.580. The van der Waals surface area contributed by atoms with Crippen molar-refractivity contribution in [1.29, 1.82) is 0 Å². The van der Waals surface area contributed by atoms with Gasteiger partial charge in [0, 0.05) is 0 Å². The lowest BCUT2D eigenvalue weighted by atomic mass is 9.77. The smallest absolute Gasteiger partial charge is 0.0140 e. The van der Waals surface area contributed by atoms with Gasteiger partial charge in [0.1, 0.15) is 0 Å². The fraction of sp³-hybridized carbons (Fsp3) is 0.667. The molecule has 0 heterocycles. The highest BCUT2D eigenvalue weighted by Gasteiger charge is 2.21. The first kappa shape index (κ1) is 9.57. The molecule has 0 aromatic rings. The predicted octanol–water partition coefficient (Wildman–Crippen LogP) is 3.95. The van der Waals surface area contributed by atoms with Gasteiger partial charge in [-0.25, -0.2) is 0 Å². The molecule has 0 aliphatic heterocycles. The van der Waals surface area contributed by atoms with E-state index in [4.69, 9.17) is 0 Å². The molecule has 0 saturated carbocycles. The van der Waals surface area contributed by atoms with E-state index in [0.29, 0.717) is 0 Å². The second-order valence-corrected chi connectivity index (χ2v) is 4.18. The summed E-state index contributed by atoms with van der Waals surface area (Å²) >= 11 is 0. The van der Waals surface area contributed by atoms with Crippen molar-refractivity contribution in [1.82, 2.24) is 0 Å². The summed E-state index contributed by atoms with van der Waals surface area (Å²) in [6.45, 7) is 10.8. The lowest BCUT2D eigenvalue weighted by Gasteiger charge is -2.28. The summed E-state index contributed by atoms with van der Waals surface area (Å²) in [5.74, 6) is 1.55. The van der Waals surface area contributed by atoms with Gasteiger partial charge in [0.25, 0.3) is 0 Å². The summed E-state index contributed by atoms with van der Waals surface area (Å²) < 4.78 is 0. The molecule has 0 bridgehead atoms. The summed E-state index contributed by atoms with van der Waals surface area (Å²) in [6.07, 6.45) is 6.08. The zero-order valence-electron chi connectivity index (χ0n) is 8.56. The van der Waals surface area contributed by atoms with Gasteiger partial charge >= 0.3 is 0 Å². The third-order valence-corrected chi connectivity index (χ3v) is 2.98. The topological polar surface area (TPSA) is 0 Å². The maximum Gasteiger partial charge on any atom is -0.0140 e. The summed E-state index contributed by atoms with van der Waals surface area (Å²) in [7, 11) is 0. The molecule has 0 radical (unpaired) electrons. The summed E-state index contributed by atoms with van der Waals surface area (Å²) in [6, 6.07) is 0. The van der Waals surface area contributed by atoms with Gasteiger partial charge in [-0.05, 0) is 43.6 Å². The van der Waals surface area contributed by atoms with Crippen molar-refractivity contribution in [2.45, 2.75) is 40.0 Å². The SMILES string of the molecule is C=CC1=C(C)CCCC1C(C)C. The van der Waals surface area contributed by atoms with Crippen LogP contribution >= 0.6 is 0 Å². The highest BCUT2D eigenvalue weighted by molar-refractivity contribution is 5.28. The minimum Gasteiger partial charge on any atom is -0.0988 e. The Labute approximate surface area is 76.4 Å². The number of hydrogen-bond acceptors (Lipinski definition) is 0. The number of hydrogen-bond donors (Lipinski definition) is 0. The predicted molar refractivity (Wildman–Crippen MR) is 55.1 cm³/mol. The van der Waals surface area contributed by atoms with E-state index in [0.717, 1.165) is 11.8 Å². The molecule has 0 saturated heterocycles. The van der Waals surface area contributed by atoms with Gasteiger partial charge in [0.2, 0.25) is 0 Å². The Morgan fingerprint density at radius 2 is 2.17 bits per heavy atom. The van der Waals surface area contributed by atoms with E-state index in [-0.39, 0.29) is 0 Å². The largest absolute Gasteiger partial charge is 0.0988 e. The van der Waals surface area contributed by atoms with Crippen LogP contribution < -0.4 is 0 Å². The molecule has 1 aliphatic rings. The van der Waals surface area contributed by atoms with Gasteiger partial charge < -0.3 is 0 Å². The molecule has 12 heavy (non-hydrogen) atoms. The molecule has 0 aromatic heterocycles. The molecular weight excluding hydrogens is 144 g/mol. The summed E-state index contributed by atoms with van der Waals surface area (Å²) in [5, 5.41) is 0. The van der Waals surface area contributed by atoms with E-state index in [1.54, 1.807) is 5.57 Å². The fourth-order valence-electron chi connectivity index (χ4n) is 2.22. The molecule has 1 atom stereocenters. The summed E-state index contributed by atoms with van der Waals surface area (Å²) in [5.41, 5.74) is 3.09. The normalized spacial score (nSPS) is 24.8. The van der Waals surface area contributed by atoms with Crippen molar-refractivity contribution >= 4 is 0 Å². The van der Waals surface area contributed by atoms with Crippen LogP contribution in [0.2, 0.25) is 0 Å². The van der Waals surface area contributed by atoms with Crippen LogP contribution in [0.25, 0.3) is 0 Å². The molecule has 0 amide bonds. The molecule has 1 unspecified atom stereocenters. The van der Waals surface area contributed by atoms with E-state index < -0.39 is 0 Å². The fourth-order valence-corrected chi connectivity index (χ4v) is 2.22. The van der Waals surface area contributed by atoms with Crippen LogP contribution in [0.5, 0.6) is 0 Å². The van der Waals surface area contributed by atoms with Crippen molar-refractivity contribution in [2.75, 3.05) is 0 Å².